The van der Waals surface area contributed by atoms with Crippen molar-refractivity contribution in [1.29, 1.82) is 0 Å². The lowest BCUT2D eigenvalue weighted by atomic mass is 9.99. The van der Waals surface area contributed by atoms with Crippen LogP contribution in [0.5, 0.6) is 5.75 Å². The first kappa shape index (κ1) is 18.0. The van der Waals surface area contributed by atoms with Gasteiger partial charge in [0.15, 0.2) is 0 Å². The van der Waals surface area contributed by atoms with E-state index >= 15 is 0 Å². The van der Waals surface area contributed by atoms with E-state index in [1.54, 1.807) is 6.07 Å². The fourth-order valence-electron chi connectivity index (χ4n) is 2.93. The summed E-state index contributed by atoms with van der Waals surface area (Å²) in [5, 5.41) is 3.32. The van der Waals surface area contributed by atoms with Crippen LogP contribution in [0.2, 0.25) is 0 Å². The maximum atomic E-state index is 14.1. The fourth-order valence-corrected chi connectivity index (χ4v) is 2.93. The zero-order valence-electron chi connectivity index (χ0n) is 13.3. The van der Waals surface area contributed by atoms with Crippen LogP contribution in [-0.2, 0) is 4.74 Å². The Balaban J connectivity index is 0.00000192. The number of methoxy groups -OCH3 is 1. The van der Waals surface area contributed by atoms with Crippen LogP contribution in [0.15, 0.2) is 12.1 Å². The van der Waals surface area contributed by atoms with Crippen molar-refractivity contribution in [3.05, 3.63) is 29.1 Å². The number of carbonyl (C=O) groups is 1. The van der Waals surface area contributed by atoms with Gasteiger partial charge >= 0.3 is 5.97 Å². The molecule has 1 aliphatic heterocycles. The minimum absolute atomic E-state index is 0. The van der Waals surface area contributed by atoms with E-state index in [1.165, 1.54) is 13.2 Å². The van der Waals surface area contributed by atoms with Gasteiger partial charge in [-0.3, -0.25) is 0 Å². The zero-order chi connectivity index (χ0) is 15.5. The molecule has 23 heavy (non-hydrogen) atoms. The Kier molecular flexibility index (Phi) is 6.25. The molecule has 1 aromatic rings. The fraction of sp³-hybridized carbons (Fsp3) is 0.588. The van der Waals surface area contributed by atoms with Gasteiger partial charge in [0, 0.05) is 6.07 Å². The summed E-state index contributed by atoms with van der Waals surface area (Å²) in [4.78, 5) is 11.6. The highest BCUT2D eigenvalue weighted by Gasteiger charge is 2.30. The van der Waals surface area contributed by atoms with Gasteiger partial charge in [-0.05, 0) is 62.2 Å². The summed E-state index contributed by atoms with van der Waals surface area (Å²) in [5.74, 6) is 0.274. The molecule has 1 heterocycles. The lowest BCUT2D eigenvalue weighted by Crippen LogP contribution is -2.30. The van der Waals surface area contributed by atoms with Crippen LogP contribution in [0.3, 0.4) is 0 Å². The molecule has 0 spiro atoms. The number of piperidine rings is 1. The topological polar surface area (TPSA) is 47.6 Å². The molecule has 4 nitrogen and oxygen atoms in total. The zero-order valence-corrected chi connectivity index (χ0v) is 14.1. The second kappa shape index (κ2) is 7.97. The molecule has 0 amide bonds. The average molecular weight is 344 g/mol. The van der Waals surface area contributed by atoms with Gasteiger partial charge in [0.2, 0.25) is 0 Å². The molecular formula is C17H23ClFNO3. The third kappa shape index (κ3) is 4.36. The predicted octanol–water partition coefficient (Wildman–Crippen LogP) is 3.29. The molecule has 1 aliphatic carbocycles. The highest BCUT2D eigenvalue weighted by molar-refractivity contribution is 5.90. The standard InChI is InChI=1S/C17H22FNO3.ClH/c1-21-17(20)14-8-13(12-2-3-12)16(9-15(14)18)22-10-11-4-6-19-7-5-11;/h8-9,11-12,19H,2-7,10H2,1H3;1H. The van der Waals surface area contributed by atoms with E-state index in [1.807, 2.05) is 0 Å². The molecule has 3 rings (SSSR count). The van der Waals surface area contributed by atoms with Crippen molar-refractivity contribution in [1.82, 2.24) is 5.32 Å². The second-order valence-corrected chi connectivity index (χ2v) is 6.14. The third-order valence-electron chi connectivity index (χ3n) is 4.46. The smallest absolute Gasteiger partial charge is 0.340 e. The van der Waals surface area contributed by atoms with Crippen LogP contribution in [0.1, 0.15) is 47.5 Å². The molecule has 0 radical (unpaired) electrons. The number of halogens is 2. The summed E-state index contributed by atoms with van der Waals surface area (Å²) in [6.45, 7) is 2.64. The van der Waals surface area contributed by atoms with Crippen molar-refractivity contribution < 1.29 is 18.7 Å². The summed E-state index contributed by atoms with van der Waals surface area (Å²) in [6, 6.07) is 2.96. The van der Waals surface area contributed by atoms with E-state index in [4.69, 9.17) is 4.74 Å². The molecule has 2 fully saturated rings. The van der Waals surface area contributed by atoms with Crippen LogP contribution in [-0.4, -0.2) is 32.8 Å². The number of hydrogen-bond acceptors (Lipinski definition) is 4. The number of benzene rings is 1. The Labute approximate surface area is 142 Å². The summed E-state index contributed by atoms with van der Waals surface area (Å²) >= 11 is 0. The highest BCUT2D eigenvalue weighted by Crippen LogP contribution is 2.45. The Bertz CT molecular complexity index is 557. The summed E-state index contributed by atoms with van der Waals surface area (Å²) in [7, 11) is 1.26. The van der Waals surface area contributed by atoms with Crippen molar-refractivity contribution in [2.45, 2.75) is 31.6 Å². The number of rotatable bonds is 5. The van der Waals surface area contributed by atoms with Gasteiger partial charge in [0.1, 0.15) is 11.6 Å². The van der Waals surface area contributed by atoms with Gasteiger partial charge < -0.3 is 14.8 Å². The van der Waals surface area contributed by atoms with E-state index in [0.29, 0.717) is 24.2 Å². The van der Waals surface area contributed by atoms with Crippen LogP contribution in [0, 0.1) is 11.7 Å². The van der Waals surface area contributed by atoms with Crippen LogP contribution in [0.4, 0.5) is 4.39 Å². The average Bonchev–Trinajstić information content (AvgIpc) is 3.38. The van der Waals surface area contributed by atoms with E-state index < -0.39 is 11.8 Å². The van der Waals surface area contributed by atoms with Crippen LogP contribution >= 0.6 is 12.4 Å². The van der Waals surface area contributed by atoms with Gasteiger partial charge in [-0.25, -0.2) is 9.18 Å². The van der Waals surface area contributed by atoms with E-state index in [-0.39, 0.29) is 18.0 Å². The molecule has 1 aromatic carbocycles. The Morgan fingerprint density at radius 2 is 1.96 bits per heavy atom. The lowest BCUT2D eigenvalue weighted by molar-refractivity contribution is 0.0595. The minimum atomic E-state index is -0.635. The predicted molar refractivity (Wildman–Crippen MR) is 88.1 cm³/mol. The van der Waals surface area contributed by atoms with Crippen LogP contribution < -0.4 is 10.1 Å². The van der Waals surface area contributed by atoms with Crippen molar-refractivity contribution in [3.63, 3.8) is 0 Å². The Morgan fingerprint density at radius 3 is 2.57 bits per heavy atom. The highest BCUT2D eigenvalue weighted by atomic mass is 35.5. The van der Waals surface area contributed by atoms with Gasteiger partial charge in [0.05, 0.1) is 19.3 Å². The molecule has 1 saturated heterocycles. The molecule has 0 atom stereocenters. The Morgan fingerprint density at radius 1 is 1.26 bits per heavy atom. The first-order valence-corrected chi connectivity index (χ1v) is 7.94. The molecule has 0 bridgehead atoms. The number of carbonyl (C=O) groups excluding carboxylic acids is 1. The molecule has 128 valence electrons. The molecule has 0 unspecified atom stereocenters. The number of esters is 1. The molecule has 0 aromatic heterocycles. The number of ether oxygens (including phenoxy) is 2. The van der Waals surface area contributed by atoms with Crippen molar-refractivity contribution in [2.75, 3.05) is 26.8 Å². The molecule has 1 saturated carbocycles. The van der Waals surface area contributed by atoms with Gasteiger partial charge in [-0.15, -0.1) is 12.4 Å². The van der Waals surface area contributed by atoms with Gasteiger partial charge in [-0.2, -0.15) is 0 Å². The van der Waals surface area contributed by atoms with Crippen molar-refractivity contribution >= 4 is 18.4 Å². The first-order valence-electron chi connectivity index (χ1n) is 7.94. The first-order chi connectivity index (χ1) is 10.7. The maximum absolute atomic E-state index is 14.1. The van der Waals surface area contributed by atoms with Crippen molar-refractivity contribution in [3.8, 4) is 5.75 Å². The second-order valence-electron chi connectivity index (χ2n) is 6.14. The number of nitrogens with one attached hydrogen (secondary N) is 1. The third-order valence-corrected chi connectivity index (χ3v) is 4.46. The minimum Gasteiger partial charge on any atom is -0.493 e. The van der Waals surface area contributed by atoms with E-state index in [2.05, 4.69) is 10.1 Å². The molecular weight excluding hydrogens is 321 g/mol. The molecule has 2 aliphatic rings. The van der Waals surface area contributed by atoms with E-state index in [0.717, 1.165) is 44.3 Å². The van der Waals surface area contributed by atoms with Gasteiger partial charge in [0.25, 0.3) is 0 Å². The lowest BCUT2D eigenvalue weighted by Gasteiger charge is -2.23. The largest absolute Gasteiger partial charge is 0.493 e. The van der Waals surface area contributed by atoms with Crippen molar-refractivity contribution in [2.24, 2.45) is 5.92 Å². The SMILES string of the molecule is COC(=O)c1cc(C2CC2)c(OCC2CCNCC2)cc1F.Cl. The van der Waals surface area contributed by atoms with Crippen LogP contribution in [0.25, 0.3) is 0 Å². The molecule has 6 heteroatoms. The van der Waals surface area contributed by atoms with E-state index in [9.17, 15) is 9.18 Å². The Hall–Kier alpha value is -1.33. The summed E-state index contributed by atoms with van der Waals surface area (Å²) < 4.78 is 24.7. The molecule has 1 N–H and O–H groups in total. The summed E-state index contributed by atoms with van der Waals surface area (Å²) in [6.07, 6.45) is 4.30. The maximum Gasteiger partial charge on any atom is 0.340 e. The number of hydrogen-bond donors (Lipinski definition) is 1. The summed E-state index contributed by atoms with van der Waals surface area (Å²) in [5.41, 5.74) is 0.939. The normalized spacial score (nSPS) is 18.2. The monoisotopic (exact) mass is 343 g/mol. The van der Waals surface area contributed by atoms with Gasteiger partial charge in [-0.1, -0.05) is 0 Å². The quantitative estimate of drug-likeness (QED) is 0.833.